The van der Waals surface area contributed by atoms with Crippen LogP contribution in [0.25, 0.3) is 11.5 Å². The van der Waals surface area contributed by atoms with Crippen LogP contribution >= 0.6 is 0 Å². The Kier molecular flexibility index (Phi) is 3.00. The number of nitrogens with zero attached hydrogens (tertiary/aromatic N) is 4. The Hall–Kier alpha value is -2.22. The molecule has 1 aliphatic rings. The quantitative estimate of drug-likeness (QED) is 0.827. The van der Waals surface area contributed by atoms with E-state index in [9.17, 15) is 0 Å². The minimum Gasteiger partial charge on any atom is -0.399 e. The van der Waals surface area contributed by atoms with Gasteiger partial charge in [0.25, 0.3) is 0 Å². The van der Waals surface area contributed by atoms with Crippen LogP contribution in [0.4, 0.5) is 0 Å². The molecule has 0 radical (unpaired) electrons. The molecule has 100 valence electrons. The lowest BCUT2D eigenvalue weighted by Crippen LogP contribution is -2.14. The lowest BCUT2D eigenvalue weighted by atomic mass is 10.2. The molecule has 0 spiro atoms. The van der Waals surface area contributed by atoms with Gasteiger partial charge in [0.2, 0.25) is 11.7 Å². The summed E-state index contributed by atoms with van der Waals surface area (Å²) in [5.74, 6) is 1.64. The first-order valence-electron chi connectivity index (χ1n) is 5.86. The zero-order valence-electron chi connectivity index (χ0n) is 10.6. The molecule has 1 saturated heterocycles. The largest absolute Gasteiger partial charge is 0.399 e. The van der Waals surface area contributed by atoms with Gasteiger partial charge >= 0.3 is 0 Å². The number of oxime groups is 1. The molecule has 2 aromatic rings. The lowest BCUT2D eigenvalue weighted by Gasteiger charge is -2.00. The summed E-state index contributed by atoms with van der Waals surface area (Å²) in [5.41, 5.74) is 1.49. The van der Waals surface area contributed by atoms with Gasteiger partial charge in [-0.25, -0.2) is 0 Å². The van der Waals surface area contributed by atoms with Crippen LogP contribution in [-0.2, 0) is 4.84 Å². The highest BCUT2D eigenvalue weighted by atomic mass is 16.6. The Labute approximate surface area is 108 Å². The predicted octanol–water partition coefficient (Wildman–Crippen LogP) is 1.07. The number of aryl methyl sites for hydroxylation is 1. The van der Waals surface area contributed by atoms with E-state index in [2.05, 4.69) is 25.8 Å². The molecule has 1 N–H and O–H groups in total. The zero-order valence-corrected chi connectivity index (χ0v) is 10.6. The molecule has 19 heavy (non-hydrogen) atoms. The number of hydrogen-bond donors (Lipinski definition) is 1. The van der Waals surface area contributed by atoms with Crippen LogP contribution in [-0.4, -0.2) is 34.7 Å². The summed E-state index contributed by atoms with van der Waals surface area (Å²) in [6.45, 7) is 2.46. The van der Waals surface area contributed by atoms with Gasteiger partial charge in [-0.2, -0.15) is 4.98 Å². The van der Waals surface area contributed by atoms with Crippen molar-refractivity contribution in [2.45, 2.75) is 19.4 Å². The highest BCUT2D eigenvalue weighted by molar-refractivity contribution is 5.88. The minimum absolute atomic E-state index is 0.0388. The fourth-order valence-corrected chi connectivity index (χ4v) is 1.95. The molecule has 1 atom stereocenters. The normalized spacial score (nSPS) is 21.2. The Bertz CT molecular complexity index is 603. The van der Waals surface area contributed by atoms with Crippen molar-refractivity contribution >= 4 is 5.71 Å². The Morgan fingerprint density at radius 3 is 3.05 bits per heavy atom. The SMILES string of the molecule is CON=C1CNC(c2nc(-c3cc(C)on3)no2)C1. The van der Waals surface area contributed by atoms with Crippen LogP contribution in [0.1, 0.15) is 24.1 Å². The van der Waals surface area contributed by atoms with E-state index in [1.54, 1.807) is 6.07 Å². The van der Waals surface area contributed by atoms with E-state index in [4.69, 9.17) is 13.9 Å². The highest BCUT2D eigenvalue weighted by Gasteiger charge is 2.27. The molecular weight excluding hydrogens is 250 g/mol. The summed E-state index contributed by atoms with van der Waals surface area (Å²) in [6.07, 6.45) is 0.688. The van der Waals surface area contributed by atoms with Gasteiger partial charge in [-0.1, -0.05) is 15.5 Å². The molecule has 8 heteroatoms. The van der Waals surface area contributed by atoms with Gasteiger partial charge in [0.15, 0.2) is 5.69 Å². The van der Waals surface area contributed by atoms with E-state index >= 15 is 0 Å². The Morgan fingerprint density at radius 1 is 1.42 bits per heavy atom. The second-order valence-corrected chi connectivity index (χ2v) is 4.26. The third kappa shape index (κ3) is 2.34. The van der Waals surface area contributed by atoms with Gasteiger partial charge in [-0.3, -0.25) is 0 Å². The molecule has 0 saturated carbocycles. The smallest absolute Gasteiger partial charge is 0.244 e. The average molecular weight is 263 g/mol. The molecule has 1 fully saturated rings. The van der Waals surface area contributed by atoms with Crippen molar-refractivity contribution in [2.75, 3.05) is 13.7 Å². The summed E-state index contributed by atoms with van der Waals surface area (Å²) in [5, 5.41) is 14.9. The maximum atomic E-state index is 5.24. The molecule has 0 aromatic carbocycles. The first-order valence-corrected chi connectivity index (χ1v) is 5.86. The fraction of sp³-hybridized carbons (Fsp3) is 0.455. The number of nitrogens with one attached hydrogen (secondary N) is 1. The molecule has 0 amide bonds. The number of hydrogen-bond acceptors (Lipinski definition) is 8. The van der Waals surface area contributed by atoms with E-state index in [-0.39, 0.29) is 6.04 Å². The first-order chi connectivity index (χ1) is 9.26. The number of rotatable bonds is 3. The monoisotopic (exact) mass is 263 g/mol. The van der Waals surface area contributed by atoms with Gasteiger partial charge in [-0.15, -0.1) is 0 Å². The molecule has 0 bridgehead atoms. The third-order valence-corrected chi connectivity index (χ3v) is 2.81. The van der Waals surface area contributed by atoms with Gasteiger partial charge in [0.05, 0.1) is 11.8 Å². The summed E-state index contributed by atoms with van der Waals surface area (Å²) in [4.78, 5) is 9.06. The molecule has 1 unspecified atom stereocenters. The summed E-state index contributed by atoms with van der Waals surface area (Å²) in [7, 11) is 1.53. The van der Waals surface area contributed by atoms with Crippen molar-refractivity contribution in [3.8, 4) is 11.5 Å². The maximum Gasteiger partial charge on any atom is 0.244 e. The summed E-state index contributed by atoms with van der Waals surface area (Å²) in [6, 6.07) is 1.72. The highest BCUT2D eigenvalue weighted by Crippen LogP contribution is 2.23. The lowest BCUT2D eigenvalue weighted by molar-refractivity contribution is 0.212. The first kappa shape index (κ1) is 11.8. The van der Waals surface area contributed by atoms with E-state index in [1.165, 1.54) is 7.11 Å². The van der Waals surface area contributed by atoms with E-state index in [0.29, 0.717) is 36.1 Å². The molecule has 2 aromatic heterocycles. The minimum atomic E-state index is -0.0388. The maximum absolute atomic E-state index is 5.24. The summed E-state index contributed by atoms with van der Waals surface area (Å²) < 4.78 is 10.2. The van der Waals surface area contributed by atoms with Crippen LogP contribution in [0.15, 0.2) is 20.3 Å². The van der Waals surface area contributed by atoms with E-state index in [0.717, 1.165) is 5.71 Å². The number of aromatic nitrogens is 3. The van der Waals surface area contributed by atoms with E-state index < -0.39 is 0 Å². The standard InChI is InChI=1S/C11H13N5O3/c1-6-3-8(15-18-6)10-13-11(19-16-10)9-4-7(5-12-9)14-17-2/h3,9,12H,4-5H2,1-2H3. The van der Waals surface area contributed by atoms with Crippen molar-refractivity contribution in [1.82, 2.24) is 20.6 Å². The topological polar surface area (TPSA) is 98.6 Å². The van der Waals surface area contributed by atoms with Gasteiger partial charge < -0.3 is 19.2 Å². The average Bonchev–Trinajstić information content (AvgIpc) is 3.07. The molecule has 8 nitrogen and oxygen atoms in total. The van der Waals surface area contributed by atoms with Crippen LogP contribution in [0.5, 0.6) is 0 Å². The van der Waals surface area contributed by atoms with Gasteiger partial charge in [-0.05, 0) is 6.92 Å². The van der Waals surface area contributed by atoms with E-state index in [1.807, 2.05) is 6.92 Å². The second kappa shape index (κ2) is 4.81. The zero-order chi connectivity index (χ0) is 13.2. The van der Waals surface area contributed by atoms with Gasteiger partial charge in [0.1, 0.15) is 12.9 Å². The van der Waals surface area contributed by atoms with Gasteiger partial charge in [0, 0.05) is 19.0 Å². The van der Waals surface area contributed by atoms with Crippen LogP contribution in [0.2, 0.25) is 0 Å². The van der Waals surface area contributed by atoms with Crippen molar-refractivity contribution < 1.29 is 13.9 Å². The van der Waals surface area contributed by atoms with Crippen molar-refractivity contribution in [3.05, 3.63) is 17.7 Å². The summed E-state index contributed by atoms with van der Waals surface area (Å²) >= 11 is 0. The van der Waals surface area contributed by atoms with Crippen molar-refractivity contribution in [3.63, 3.8) is 0 Å². The molecule has 0 aliphatic carbocycles. The fourth-order valence-electron chi connectivity index (χ4n) is 1.95. The second-order valence-electron chi connectivity index (χ2n) is 4.26. The third-order valence-electron chi connectivity index (χ3n) is 2.81. The van der Waals surface area contributed by atoms with Crippen molar-refractivity contribution in [2.24, 2.45) is 5.16 Å². The molecule has 1 aliphatic heterocycles. The molecule has 3 heterocycles. The van der Waals surface area contributed by atoms with Crippen LogP contribution in [0.3, 0.4) is 0 Å². The molecular formula is C11H13N5O3. The van der Waals surface area contributed by atoms with Crippen molar-refractivity contribution in [1.29, 1.82) is 0 Å². The predicted molar refractivity (Wildman–Crippen MR) is 64.3 cm³/mol. The Balaban J connectivity index is 1.77. The molecule has 3 rings (SSSR count). The Morgan fingerprint density at radius 2 is 2.32 bits per heavy atom. The van der Waals surface area contributed by atoms with Crippen LogP contribution in [0, 0.1) is 6.92 Å². The van der Waals surface area contributed by atoms with Crippen LogP contribution < -0.4 is 5.32 Å².